The van der Waals surface area contributed by atoms with Crippen molar-refractivity contribution in [2.24, 2.45) is 0 Å². The van der Waals surface area contributed by atoms with Crippen molar-refractivity contribution < 1.29 is 37.4 Å². The molecular formula is C4H10Cl2O8P2. The highest BCUT2D eigenvalue weighted by Crippen LogP contribution is 2.48. The van der Waals surface area contributed by atoms with Gasteiger partial charge in [0.25, 0.3) is 0 Å². The van der Waals surface area contributed by atoms with Gasteiger partial charge in [-0.3, -0.25) is 9.05 Å². The lowest BCUT2D eigenvalue weighted by Gasteiger charge is -2.10. The maximum atomic E-state index is 11.0. The second-order valence-electron chi connectivity index (χ2n) is 1.84. The molecule has 98 valence electrons. The molecule has 0 rings (SSSR count). The summed E-state index contributed by atoms with van der Waals surface area (Å²) in [4.78, 5) is 21.6. The van der Waals surface area contributed by atoms with E-state index < -0.39 is 15.6 Å². The molecular weight excluding hydrogens is 309 g/mol. The normalized spacial score (nSPS) is 11.2. The Bertz CT molecular complexity index is 291. The number of hydrogen-bond donors (Lipinski definition) is 3. The van der Waals surface area contributed by atoms with Crippen LogP contribution in [0.15, 0.2) is 10.8 Å². The average Bonchev–Trinajstić information content (AvgIpc) is 2.11. The van der Waals surface area contributed by atoms with Crippen molar-refractivity contribution in [3.05, 3.63) is 10.8 Å². The molecule has 16 heavy (non-hydrogen) atoms. The molecule has 12 heteroatoms. The van der Waals surface area contributed by atoms with E-state index in [2.05, 4.69) is 13.6 Å². The fourth-order valence-corrected chi connectivity index (χ4v) is 1.03. The summed E-state index contributed by atoms with van der Waals surface area (Å²) in [7, 11) is -5.76. The van der Waals surface area contributed by atoms with Gasteiger partial charge in [-0.05, 0) is 0 Å². The molecule has 0 fully saturated rings. The van der Waals surface area contributed by atoms with Gasteiger partial charge in [0.1, 0.15) is 10.8 Å². The van der Waals surface area contributed by atoms with Crippen LogP contribution in [0.1, 0.15) is 0 Å². The van der Waals surface area contributed by atoms with E-state index in [1.165, 1.54) is 14.2 Å². The van der Waals surface area contributed by atoms with Crippen molar-refractivity contribution in [1.29, 1.82) is 0 Å². The third-order valence-electron chi connectivity index (χ3n) is 0.718. The first-order valence-electron chi connectivity index (χ1n) is 3.23. The van der Waals surface area contributed by atoms with E-state index in [-0.39, 0.29) is 4.49 Å². The van der Waals surface area contributed by atoms with Crippen LogP contribution in [0.25, 0.3) is 0 Å². The first-order valence-corrected chi connectivity index (χ1v) is 7.01. The lowest BCUT2D eigenvalue weighted by molar-refractivity contribution is 0.194. The summed E-state index contributed by atoms with van der Waals surface area (Å²) >= 11 is 10.3. The van der Waals surface area contributed by atoms with Crippen LogP contribution in [0.4, 0.5) is 0 Å². The van der Waals surface area contributed by atoms with Gasteiger partial charge in [-0.2, -0.15) is 0 Å². The van der Waals surface area contributed by atoms with Gasteiger partial charge >= 0.3 is 15.6 Å². The second kappa shape index (κ2) is 8.47. The van der Waals surface area contributed by atoms with Gasteiger partial charge in [-0.15, -0.1) is 0 Å². The van der Waals surface area contributed by atoms with E-state index in [1.807, 2.05) is 0 Å². The SMILES string of the molecule is COP(=O)(OC)OC=C(Cl)Cl.O=P(O)(O)O. The highest BCUT2D eigenvalue weighted by Gasteiger charge is 2.22. The number of phosphoric acid groups is 2. The van der Waals surface area contributed by atoms with Crippen molar-refractivity contribution in [3.63, 3.8) is 0 Å². The molecule has 0 aliphatic heterocycles. The highest BCUT2D eigenvalue weighted by atomic mass is 35.5. The van der Waals surface area contributed by atoms with Gasteiger partial charge in [0.05, 0.1) is 0 Å². The predicted molar refractivity (Wildman–Crippen MR) is 56.8 cm³/mol. The van der Waals surface area contributed by atoms with E-state index in [0.29, 0.717) is 0 Å². The molecule has 0 atom stereocenters. The van der Waals surface area contributed by atoms with Crippen LogP contribution in [0.5, 0.6) is 0 Å². The van der Waals surface area contributed by atoms with Crippen LogP contribution in [-0.4, -0.2) is 28.9 Å². The van der Waals surface area contributed by atoms with E-state index in [4.69, 9.17) is 42.4 Å². The van der Waals surface area contributed by atoms with Crippen LogP contribution in [0.2, 0.25) is 0 Å². The van der Waals surface area contributed by atoms with Crippen LogP contribution < -0.4 is 0 Å². The molecule has 0 aromatic heterocycles. The molecule has 0 heterocycles. The van der Waals surface area contributed by atoms with Gasteiger partial charge < -0.3 is 19.2 Å². The molecule has 0 radical (unpaired) electrons. The maximum Gasteiger partial charge on any atom is 0.529 e. The van der Waals surface area contributed by atoms with Crippen molar-refractivity contribution in [2.75, 3.05) is 14.2 Å². The number of rotatable bonds is 4. The second-order valence-corrected chi connectivity index (χ2v) is 5.71. The quantitative estimate of drug-likeness (QED) is 0.529. The van der Waals surface area contributed by atoms with Crippen molar-refractivity contribution >= 4 is 38.8 Å². The topological polar surface area (TPSA) is 123 Å². The maximum absolute atomic E-state index is 11.0. The summed E-state index contributed by atoms with van der Waals surface area (Å²) < 4.78 is 33.0. The minimum absolute atomic E-state index is 0.167. The van der Waals surface area contributed by atoms with Crippen LogP contribution in [0, 0.1) is 0 Å². The molecule has 0 aliphatic carbocycles. The zero-order chi connectivity index (χ0) is 13.4. The summed E-state index contributed by atoms with van der Waals surface area (Å²) in [5, 5.41) is 0. The Balaban J connectivity index is 0. The average molecular weight is 319 g/mol. The number of phosphoric ester groups is 1. The van der Waals surface area contributed by atoms with Gasteiger partial charge in [0, 0.05) is 14.2 Å². The van der Waals surface area contributed by atoms with E-state index >= 15 is 0 Å². The third kappa shape index (κ3) is 16.8. The molecule has 8 nitrogen and oxygen atoms in total. The van der Waals surface area contributed by atoms with Crippen LogP contribution >= 0.6 is 38.8 Å². The van der Waals surface area contributed by atoms with Crippen LogP contribution in [0.3, 0.4) is 0 Å². The molecule has 0 aromatic rings. The molecule has 0 saturated heterocycles. The molecule has 0 spiro atoms. The Morgan fingerprint density at radius 3 is 1.62 bits per heavy atom. The Morgan fingerprint density at radius 2 is 1.44 bits per heavy atom. The monoisotopic (exact) mass is 318 g/mol. The molecule has 0 amide bonds. The zero-order valence-corrected chi connectivity index (χ0v) is 11.4. The van der Waals surface area contributed by atoms with Crippen molar-refractivity contribution in [2.45, 2.75) is 0 Å². The van der Waals surface area contributed by atoms with Crippen LogP contribution in [-0.2, 0) is 22.7 Å². The predicted octanol–water partition coefficient (Wildman–Crippen LogP) is 1.75. The first-order chi connectivity index (χ1) is 7.04. The summed E-state index contributed by atoms with van der Waals surface area (Å²) in [6.45, 7) is 0. The Hall–Kier alpha value is 0.380. The highest BCUT2D eigenvalue weighted by molar-refractivity contribution is 7.48. The fourth-order valence-electron chi connectivity index (χ4n) is 0.265. The zero-order valence-electron chi connectivity index (χ0n) is 8.11. The third-order valence-corrected chi connectivity index (χ3v) is 2.15. The lowest BCUT2D eigenvalue weighted by atomic mass is 11.2. The smallest absolute Gasteiger partial charge is 0.409 e. The summed E-state index contributed by atoms with van der Waals surface area (Å²) in [6, 6.07) is 0. The summed E-state index contributed by atoms with van der Waals surface area (Å²) in [6.07, 6.45) is 0.872. The summed E-state index contributed by atoms with van der Waals surface area (Å²) in [5.74, 6) is 0. The van der Waals surface area contributed by atoms with E-state index in [0.717, 1.165) is 6.26 Å². The molecule has 0 aliphatic rings. The Kier molecular flexibility index (Phi) is 9.92. The minimum atomic E-state index is -4.64. The van der Waals surface area contributed by atoms with E-state index in [1.54, 1.807) is 0 Å². The standard InChI is InChI=1S/C4H7Cl2O4P.H3O4P/c1-8-11(7,9-2)10-3-4(5)6;1-5(2,3)4/h3H,1-2H3;(H3,1,2,3,4). The first kappa shape index (κ1) is 18.7. The minimum Gasteiger partial charge on any atom is -0.409 e. The molecule has 0 aromatic carbocycles. The summed E-state index contributed by atoms with van der Waals surface area (Å²) in [5.41, 5.74) is 0. The molecule has 3 N–H and O–H groups in total. The lowest BCUT2D eigenvalue weighted by Crippen LogP contribution is -1.88. The Morgan fingerprint density at radius 1 is 1.12 bits per heavy atom. The van der Waals surface area contributed by atoms with Gasteiger partial charge in [-0.25, -0.2) is 9.13 Å². The van der Waals surface area contributed by atoms with E-state index in [9.17, 15) is 4.57 Å². The molecule has 0 unspecified atom stereocenters. The molecule has 0 bridgehead atoms. The largest absolute Gasteiger partial charge is 0.529 e. The van der Waals surface area contributed by atoms with Crippen molar-refractivity contribution in [3.8, 4) is 0 Å². The van der Waals surface area contributed by atoms with Gasteiger partial charge in [0.15, 0.2) is 0 Å². The van der Waals surface area contributed by atoms with Crippen molar-refractivity contribution in [1.82, 2.24) is 0 Å². The van der Waals surface area contributed by atoms with Gasteiger partial charge in [0.2, 0.25) is 0 Å². The fraction of sp³-hybridized carbons (Fsp3) is 0.500. The molecule has 0 saturated carbocycles. The number of hydrogen-bond acceptors (Lipinski definition) is 5. The van der Waals surface area contributed by atoms with Gasteiger partial charge in [-0.1, -0.05) is 23.2 Å². The Labute approximate surface area is 102 Å². The number of halogens is 2.